The van der Waals surface area contributed by atoms with Crippen molar-refractivity contribution in [2.24, 2.45) is 0 Å². The van der Waals surface area contributed by atoms with Gasteiger partial charge < -0.3 is 15.5 Å². The first kappa shape index (κ1) is 11.9. The van der Waals surface area contributed by atoms with Crippen LogP contribution in [0.15, 0.2) is 0 Å². The highest BCUT2D eigenvalue weighted by atomic mass is 16.3. The van der Waals surface area contributed by atoms with Crippen molar-refractivity contribution in [3.63, 3.8) is 0 Å². The molecule has 0 aromatic rings. The zero-order valence-electron chi connectivity index (χ0n) is 7.63. The van der Waals surface area contributed by atoms with Gasteiger partial charge in [-0.2, -0.15) is 0 Å². The van der Waals surface area contributed by atoms with Gasteiger partial charge in [-0.1, -0.05) is 0 Å². The lowest BCUT2D eigenvalue weighted by molar-refractivity contribution is -0.122. The third kappa shape index (κ3) is 3.86. The lowest BCUT2D eigenvalue weighted by Gasteiger charge is -2.11. The van der Waals surface area contributed by atoms with Crippen molar-refractivity contribution in [3.8, 4) is 0 Å². The van der Waals surface area contributed by atoms with Gasteiger partial charge in [0.05, 0.1) is 13.2 Å². The Bertz CT molecular complexity index is 201. The summed E-state index contributed by atoms with van der Waals surface area (Å²) in [4.78, 5) is 21.1. The van der Waals surface area contributed by atoms with Crippen molar-refractivity contribution in [2.75, 3.05) is 13.2 Å². The monoisotopic (exact) mass is 190 g/mol. The van der Waals surface area contributed by atoms with Crippen molar-refractivity contribution in [1.29, 1.82) is 0 Å². The number of urea groups is 1. The minimum absolute atomic E-state index is 0.125. The van der Waals surface area contributed by atoms with Crippen LogP contribution in [-0.2, 0) is 4.79 Å². The van der Waals surface area contributed by atoms with Gasteiger partial charge in [-0.05, 0) is 13.8 Å². The van der Waals surface area contributed by atoms with Crippen molar-refractivity contribution >= 4 is 11.9 Å². The van der Waals surface area contributed by atoms with Crippen molar-refractivity contribution < 1.29 is 19.8 Å². The van der Waals surface area contributed by atoms with Gasteiger partial charge in [0.1, 0.15) is 5.54 Å². The second kappa shape index (κ2) is 4.78. The van der Waals surface area contributed by atoms with Crippen LogP contribution in [0.4, 0.5) is 4.79 Å². The van der Waals surface area contributed by atoms with E-state index >= 15 is 0 Å². The fourth-order valence-electron chi connectivity index (χ4n) is 0.631. The maximum absolute atomic E-state index is 10.7. The molecule has 0 unspecified atom stereocenters. The molecular formula is C7H14N2O4. The molecule has 3 amide bonds. The highest BCUT2D eigenvalue weighted by Crippen LogP contribution is 2.05. The topological polar surface area (TPSA) is 98.7 Å². The smallest absolute Gasteiger partial charge is 0.322 e. The number of amides is 3. The molecule has 1 saturated heterocycles. The zero-order valence-corrected chi connectivity index (χ0v) is 7.63. The van der Waals surface area contributed by atoms with E-state index in [1.165, 1.54) is 0 Å². The standard InChI is InChI=1S/C5H8N2O2.C2H6O2/c1-5(2)3(8)6-4(9)7-5;3-1-2-4/h1-2H3,(H2,6,7,8,9);3-4H,1-2H2. The average Bonchev–Trinajstić information content (AvgIpc) is 2.25. The van der Waals surface area contributed by atoms with E-state index in [9.17, 15) is 9.59 Å². The van der Waals surface area contributed by atoms with E-state index in [4.69, 9.17) is 10.2 Å². The van der Waals surface area contributed by atoms with Crippen LogP contribution in [-0.4, -0.2) is 40.9 Å². The number of rotatable bonds is 1. The van der Waals surface area contributed by atoms with Gasteiger partial charge in [0.15, 0.2) is 0 Å². The number of hydrogen-bond acceptors (Lipinski definition) is 4. The Morgan fingerprint density at radius 2 is 1.69 bits per heavy atom. The molecule has 6 nitrogen and oxygen atoms in total. The maximum atomic E-state index is 10.7. The lowest BCUT2D eigenvalue weighted by Crippen LogP contribution is -2.39. The van der Waals surface area contributed by atoms with E-state index < -0.39 is 11.6 Å². The molecule has 1 fully saturated rings. The average molecular weight is 190 g/mol. The molecule has 76 valence electrons. The molecule has 0 radical (unpaired) electrons. The van der Waals surface area contributed by atoms with Crippen LogP contribution in [0.25, 0.3) is 0 Å². The summed E-state index contributed by atoms with van der Waals surface area (Å²) in [5, 5.41) is 19.8. The minimum atomic E-state index is -0.725. The molecule has 1 aliphatic heterocycles. The van der Waals surface area contributed by atoms with Gasteiger partial charge in [0.2, 0.25) is 0 Å². The van der Waals surface area contributed by atoms with E-state index in [1.807, 2.05) is 0 Å². The second-order valence-electron chi connectivity index (χ2n) is 2.98. The van der Waals surface area contributed by atoms with Gasteiger partial charge in [-0.3, -0.25) is 10.1 Å². The van der Waals surface area contributed by atoms with Crippen LogP contribution in [0.1, 0.15) is 13.8 Å². The summed E-state index contributed by atoms with van der Waals surface area (Å²) in [7, 11) is 0. The number of carbonyl (C=O) groups is 2. The number of aliphatic hydroxyl groups is 2. The molecule has 0 spiro atoms. The minimum Gasteiger partial charge on any atom is -0.394 e. The summed E-state index contributed by atoms with van der Waals surface area (Å²) < 4.78 is 0. The molecule has 1 heterocycles. The predicted octanol–water partition coefficient (Wildman–Crippen LogP) is -1.42. The van der Waals surface area contributed by atoms with E-state index in [-0.39, 0.29) is 19.1 Å². The van der Waals surface area contributed by atoms with Crippen LogP contribution < -0.4 is 10.6 Å². The van der Waals surface area contributed by atoms with Crippen LogP contribution >= 0.6 is 0 Å². The summed E-state index contributed by atoms with van der Waals surface area (Å²) >= 11 is 0. The first-order valence-electron chi connectivity index (χ1n) is 3.79. The molecule has 0 bridgehead atoms. The Hall–Kier alpha value is -1.14. The molecule has 4 N–H and O–H groups in total. The van der Waals surface area contributed by atoms with Crippen LogP contribution in [0.3, 0.4) is 0 Å². The van der Waals surface area contributed by atoms with E-state index in [2.05, 4.69) is 10.6 Å². The van der Waals surface area contributed by atoms with Gasteiger partial charge in [-0.25, -0.2) is 4.79 Å². The Balaban J connectivity index is 0.000000310. The molecule has 6 heteroatoms. The SMILES string of the molecule is CC1(C)NC(=O)NC1=O.OCCO. The number of aliphatic hydroxyl groups excluding tert-OH is 2. The zero-order chi connectivity index (χ0) is 10.5. The molecular weight excluding hydrogens is 176 g/mol. The first-order valence-corrected chi connectivity index (χ1v) is 3.79. The molecule has 1 aliphatic rings. The Labute approximate surface area is 75.9 Å². The molecule has 1 rings (SSSR count). The first-order chi connectivity index (χ1) is 5.94. The van der Waals surface area contributed by atoms with Crippen LogP contribution in [0, 0.1) is 0 Å². The molecule has 13 heavy (non-hydrogen) atoms. The van der Waals surface area contributed by atoms with E-state index in [1.54, 1.807) is 13.8 Å². The highest BCUT2D eigenvalue weighted by molar-refractivity contribution is 6.06. The summed E-state index contributed by atoms with van der Waals surface area (Å²) in [6.07, 6.45) is 0. The molecule has 0 aromatic heterocycles. The number of nitrogens with one attached hydrogen (secondary N) is 2. The maximum Gasteiger partial charge on any atom is 0.322 e. The largest absolute Gasteiger partial charge is 0.394 e. The Morgan fingerprint density at radius 3 is 1.77 bits per heavy atom. The van der Waals surface area contributed by atoms with Gasteiger partial charge in [0.25, 0.3) is 5.91 Å². The molecule has 0 aliphatic carbocycles. The van der Waals surface area contributed by atoms with Gasteiger partial charge in [0, 0.05) is 0 Å². The molecule has 0 saturated carbocycles. The summed E-state index contributed by atoms with van der Waals surface area (Å²) in [5.41, 5.74) is -0.725. The second-order valence-corrected chi connectivity index (χ2v) is 2.98. The third-order valence-electron chi connectivity index (χ3n) is 1.32. The van der Waals surface area contributed by atoms with Crippen LogP contribution in [0.2, 0.25) is 0 Å². The van der Waals surface area contributed by atoms with E-state index in [0.29, 0.717) is 0 Å². The fraction of sp³-hybridized carbons (Fsp3) is 0.714. The number of hydrogen-bond donors (Lipinski definition) is 4. The predicted molar refractivity (Wildman–Crippen MR) is 44.9 cm³/mol. The van der Waals surface area contributed by atoms with Crippen molar-refractivity contribution in [1.82, 2.24) is 10.6 Å². The Morgan fingerprint density at radius 1 is 1.23 bits per heavy atom. The quantitative estimate of drug-likeness (QED) is 0.381. The number of carbonyl (C=O) groups excluding carboxylic acids is 2. The van der Waals surface area contributed by atoms with Crippen molar-refractivity contribution in [2.45, 2.75) is 19.4 Å². The molecule has 0 aromatic carbocycles. The summed E-state index contributed by atoms with van der Waals surface area (Å²) in [5.74, 6) is -0.271. The molecule has 0 atom stereocenters. The highest BCUT2D eigenvalue weighted by Gasteiger charge is 2.36. The van der Waals surface area contributed by atoms with Crippen molar-refractivity contribution in [3.05, 3.63) is 0 Å². The Kier molecular flexibility index (Phi) is 4.36. The third-order valence-corrected chi connectivity index (χ3v) is 1.32. The number of imide groups is 1. The normalized spacial score (nSPS) is 18.5. The summed E-state index contributed by atoms with van der Waals surface area (Å²) in [6, 6.07) is -0.412. The lowest BCUT2D eigenvalue weighted by atomic mass is 10.1. The van der Waals surface area contributed by atoms with Gasteiger partial charge >= 0.3 is 6.03 Å². The summed E-state index contributed by atoms with van der Waals surface area (Å²) in [6.45, 7) is 3.04. The fourth-order valence-corrected chi connectivity index (χ4v) is 0.631. The van der Waals surface area contributed by atoms with Crippen LogP contribution in [0.5, 0.6) is 0 Å². The van der Waals surface area contributed by atoms with Gasteiger partial charge in [-0.15, -0.1) is 0 Å². The van der Waals surface area contributed by atoms with E-state index in [0.717, 1.165) is 0 Å².